The molecule has 3 N–H and O–H groups in total. The molecule has 0 aliphatic heterocycles. The van der Waals surface area contributed by atoms with E-state index < -0.39 is 12.0 Å². The number of aliphatic carboxylic acids is 1. The van der Waals surface area contributed by atoms with Crippen molar-refractivity contribution in [3.63, 3.8) is 0 Å². The molecule has 0 aromatic heterocycles. The first-order chi connectivity index (χ1) is 7.09. The Labute approximate surface area is 102 Å². The van der Waals surface area contributed by atoms with Crippen molar-refractivity contribution in [2.24, 2.45) is 5.73 Å². The monoisotopic (exact) mass is 255 g/mol. The Hall–Kier alpha value is 0.0700. The van der Waals surface area contributed by atoms with Gasteiger partial charge < -0.3 is 10.8 Å². The summed E-state index contributed by atoms with van der Waals surface area (Å²) in [7, 11) is 0. The van der Waals surface area contributed by atoms with Gasteiger partial charge in [0.2, 0.25) is 0 Å². The van der Waals surface area contributed by atoms with Gasteiger partial charge in [-0.15, -0.1) is 11.6 Å². The smallest absolute Gasteiger partial charge is 0.320 e. The lowest BCUT2D eigenvalue weighted by Gasteiger charge is -2.02. The van der Waals surface area contributed by atoms with E-state index in [4.69, 9.17) is 22.4 Å². The minimum Gasteiger partial charge on any atom is -0.480 e. The van der Waals surface area contributed by atoms with Crippen LogP contribution in [0.2, 0.25) is 0 Å². The minimum atomic E-state index is -0.913. The molecule has 0 saturated heterocycles. The van der Waals surface area contributed by atoms with Crippen molar-refractivity contribution in [1.29, 1.82) is 0 Å². The Morgan fingerprint density at radius 3 is 2.40 bits per heavy atom. The van der Waals surface area contributed by atoms with Gasteiger partial charge >= 0.3 is 5.97 Å². The quantitative estimate of drug-likeness (QED) is 0.542. The number of thioether (sulfide) groups is 1. The first-order valence-corrected chi connectivity index (χ1v) is 7.06. The van der Waals surface area contributed by atoms with Gasteiger partial charge in [0.1, 0.15) is 6.04 Å². The predicted molar refractivity (Wildman–Crippen MR) is 68.9 cm³/mol. The molecule has 0 saturated carbocycles. The summed E-state index contributed by atoms with van der Waals surface area (Å²) in [4.78, 5) is 10.1. The van der Waals surface area contributed by atoms with E-state index in [1.807, 2.05) is 6.26 Å². The normalized spacial score (nSPS) is 11.5. The third-order valence-corrected chi connectivity index (χ3v) is 2.60. The summed E-state index contributed by atoms with van der Waals surface area (Å²) in [5.74, 6) is 0.727. The zero-order chi connectivity index (χ0) is 12.1. The average Bonchev–Trinajstić information content (AvgIpc) is 2.23. The number of hydrogen-bond donors (Lipinski definition) is 2. The summed E-state index contributed by atoms with van der Waals surface area (Å²) in [5, 5.41) is 8.27. The number of carboxylic acid groups (broad SMARTS) is 1. The van der Waals surface area contributed by atoms with Crippen LogP contribution in [0.15, 0.2) is 0 Å². The predicted octanol–water partition coefficient (Wildman–Crippen LogP) is 2.57. The van der Waals surface area contributed by atoms with Crippen molar-refractivity contribution in [1.82, 2.24) is 0 Å². The number of halogens is 1. The van der Waals surface area contributed by atoms with Crippen molar-refractivity contribution >= 4 is 29.3 Å². The van der Waals surface area contributed by atoms with Crippen molar-refractivity contribution in [3.05, 3.63) is 0 Å². The molecule has 0 rings (SSSR count). The summed E-state index contributed by atoms with van der Waals surface area (Å²) >= 11 is 6.98. The zero-order valence-corrected chi connectivity index (χ0v) is 11.1. The summed E-state index contributed by atoms with van der Waals surface area (Å²) in [5.41, 5.74) is 5.19. The number of rotatable bonds is 7. The zero-order valence-electron chi connectivity index (χ0n) is 9.54. The lowest BCUT2D eigenvalue weighted by atomic mass is 10.2. The van der Waals surface area contributed by atoms with Crippen LogP contribution in [-0.4, -0.2) is 35.0 Å². The second kappa shape index (κ2) is 14.1. The van der Waals surface area contributed by atoms with Crippen LogP contribution in [0, 0.1) is 0 Å². The van der Waals surface area contributed by atoms with Gasteiger partial charge in [0.05, 0.1) is 0 Å². The molecular weight excluding hydrogens is 234 g/mol. The van der Waals surface area contributed by atoms with Crippen molar-refractivity contribution < 1.29 is 9.90 Å². The minimum absolute atomic E-state index is 0.552. The molecule has 0 fully saturated rings. The molecular formula is C10H22ClNO2S. The number of nitrogens with two attached hydrogens (primary N) is 1. The van der Waals surface area contributed by atoms with E-state index in [9.17, 15) is 4.79 Å². The molecule has 0 aromatic carbocycles. The first-order valence-electron chi connectivity index (χ1n) is 5.13. The van der Waals surface area contributed by atoms with Crippen LogP contribution in [0.3, 0.4) is 0 Å². The van der Waals surface area contributed by atoms with Crippen LogP contribution in [0.25, 0.3) is 0 Å². The summed E-state index contributed by atoms with van der Waals surface area (Å²) < 4.78 is 0. The molecule has 0 aliphatic carbocycles. The van der Waals surface area contributed by atoms with Crippen molar-refractivity contribution in [3.8, 4) is 0 Å². The van der Waals surface area contributed by atoms with Gasteiger partial charge in [-0.25, -0.2) is 0 Å². The number of carbonyl (C=O) groups is 1. The first kappa shape index (κ1) is 17.5. The Bertz CT molecular complexity index is 143. The van der Waals surface area contributed by atoms with E-state index in [1.54, 1.807) is 11.8 Å². The molecule has 0 radical (unpaired) electrons. The SMILES string of the molecule is CCCCCCl.CSCCC(N)C(=O)O. The molecule has 3 nitrogen and oxygen atoms in total. The van der Waals surface area contributed by atoms with E-state index in [0.717, 1.165) is 11.6 Å². The molecule has 0 aromatic rings. The Morgan fingerprint density at radius 1 is 1.53 bits per heavy atom. The fraction of sp³-hybridized carbons (Fsp3) is 0.900. The molecule has 5 heteroatoms. The second-order valence-electron chi connectivity index (χ2n) is 3.12. The lowest BCUT2D eigenvalue weighted by molar-refractivity contribution is -0.138. The van der Waals surface area contributed by atoms with Crippen LogP contribution >= 0.6 is 23.4 Å². The maximum atomic E-state index is 10.1. The Balaban J connectivity index is 0. The lowest BCUT2D eigenvalue weighted by Crippen LogP contribution is -2.30. The Morgan fingerprint density at radius 2 is 2.13 bits per heavy atom. The highest BCUT2D eigenvalue weighted by atomic mass is 35.5. The van der Waals surface area contributed by atoms with Crippen LogP contribution in [-0.2, 0) is 4.79 Å². The van der Waals surface area contributed by atoms with E-state index in [1.165, 1.54) is 19.3 Å². The molecule has 1 unspecified atom stereocenters. The van der Waals surface area contributed by atoms with Gasteiger partial charge in [0.15, 0.2) is 0 Å². The van der Waals surface area contributed by atoms with E-state index >= 15 is 0 Å². The average molecular weight is 256 g/mol. The van der Waals surface area contributed by atoms with Crippen LogP contribution in [0.5, 0.6) is 0 Å². The topological polar surface area (TPSA) is 63.3 Å². The molecule has 0 heterocycles. The van der Waals surface area contributed by atoms with Gasteiger partial charge in [-0.05, 0) is 24.9 Å². The molecule has 92 valence electrons. The van der Waals surface area contributed by atoms with Gasteiger partial charge in [-0.3, -0.25) is 4.79 Å². The van der Waals surface area contributed by atoms with Crippen molar-refractivity contribution in [2.75, 3.05) is 17.9 Å². The van der Waals surface area contributed by atoms with Gasteiger partial charge in [0.25, 0.3) is 0 Å². The molecule has 0 bridgehead atoms. The van der Waals surface area contributed by atoms with Gasteiger partial charge in [0, 0.05) is 5.88 Å². The molecule has 15 heavy (non-hydrogen) atoms. The molecule has 0 aliphatic rings. The molecule has 0 amide bonds. The summed E-state index contributed by atoms with van der Waals surface area (Å²) in [6, 6.07) is -0.683. The summed E-state index contributed by atoms with van der Waals surface area (Å²) in [6.07, 6.45) is 6.21. The second-order valence-corrected chi connectivity index (χ2v) is 4.49. The standard InChI is InChI=1S/C5H11Cl.C5H11NO2S/c1-2-3-4-5-6;1-9-3-2-4(6)5(7)8/h2-5H2,1H3;4H,2-3,6H2,1H3,(H,7,8). The third kappa shape index (κ3) is 16.7. The van der Waals surface area contributed by atoms with Crippen LogP contribution in [0.4, 0.5) is 0 Å². The fourth-order valence-corrected chi connectivity index (χ4v) is 1.39. The van der Waals surface area contributed by atoms with Crippen LogP contribution < -0.4 is 5.73 Å². The maximum absolute atomic E-state index is 10.1. The highest BCUT2D eigenvalue weighted by molar-refractivity contribution is 7.98. The number of hydrogen-bond acceptors (Lipinski definition) is 3. The number of unbranched alkanes of at least 4 members (excludes halogenated alkanes) is 2. The highest BCUT2D eigenvalue weighted by Crippen LogP contribution is 1.97. The largest absolute Gasteiger partial charge is 0.480 e. The summed E-state index contributed by atoms with van der Waals surface area (Å²) in [6.45, 7) is 2.17. The maximum Gasteiger partial charge on any atom is 0.320 e. The van der Waals surface area contributed by atoms with Gasteiger partial charge in [-0.1, -0.05) is 19.8 Å². The Kier molecular flexibility index (Phi) is 16.4. The molecule has 0 spiro atoms. The fourth-order valence-electron chi connectivity index (χ4n) is 0.713. The third-order valence-electron chi connectivity index (χ3n) is 1.69. The van der Waals surface area contributed by atoms with Crippen LogP contribution in [0.1, 0.15) is 32.6 Å². The molecule has 1 atom stereocenters. The number of alkyl halides is 1. The number of carboxylic acids is 1. The van der Waals surface area contributed by atoms with E-state index in [-0.39, 0.29) is 0 Å². The van der Waals surface area contributed by atoms with E-state index in [2.05, 4.69) is 6.92 Å². The highest BCUT2D eigenvalue weighted by Gasteiger charge is 2.08. The van der Waals surface area contributed by atoms with E-state index in [0.29, 0.717) is 6.42 Å². The van der Waals surface area contributed by atoms with Gasteiger partial charge in [-0.2, -0.15) is 11.8 Å². The van der Waals surface area contributed by atoms with Crippen molar-refractivity contribution in [2.45, 2.75) is 38.6 Å².